The minimum absolute atomic E-state index is 0.348. The number of halogens is 2. The van der Waals surface area contributed by atoms with Crippen LogP contribution < -0.4 is 10.5 Å². The number of benzene rings is 1. The maximum atomic E-state index is 13.8. The first-order chi connectivity index (χ1) is 8.63. The van der Waals surface area contributed by atoms with Crippen LogP contribution in [0, 0.1) is 5.82 Å². The van der Waals surface area contributed by atoms with Gasteiger partial charge in [-0.3, -0.25) is 4.98 Å². The first-order valence-corrected chi connectivity index (χ1v) is 6.11. The standard InChI is InChI=1S/C13H12BrFN2O/c1-18-9-5-8(6-17-7-9)13(16)12-10(14)3-2-4-11(12)15/h2-7,13H,16H2,1H3. The quantitative estimate of drug-likeness (QED) is 0.948. The molecule has 2 rings (SSSR count). The van der Waals surface area contributed by atoms with Crippen molar-refractivity contribution in [1.82, 2.24) is 4.98 Å². The Labute approximate surface area is 113 Å². The Morgan fingerprint density at radius 3 is 2.83 bits per heavy atom. The molecule has 0 aliphatic heterocycles. The van der Waals surface area contributed by atoms with Gasteiger partial charge in [-0.2, -0.15) is 0 Å². The molecule has 1 aromatic carbocycles. The fraction of sp³-hybridized carbons (Fsp3) is 0.154. The number of aromatic nitrogens is 1. The summed E-state index contributed by atoms with van der Waals surface area (Å²) in [5, 5.41) is 0. The van der Waals surface area contributed by atoms with Crippen molar-refractivity contribution in [2.45, 2.75) is 6.04 Å². The molecule has 0 aliphatic carbocycles. The van der Waals surface area contributed by atoms with Crippen LogP contribution in [0.5, 0.6) is 5.75 Å². The number of hydrogen-bond acceptors (Lipinski definition) is 3. The second-order valence-electron chi connectivity index (χ2n) is 3.77. The van der Waals surface area contributed by atoms with Gasteiger partial charge in [0.1, 0.15) is 11.6 Å². The van der Waals surface area contributed by atoms with E-state index in [1.54, 1.807) is 37.7 Å². The topological polar surface area (TPSA) is 48.1 Å². The molecule has 1 unspecified atom stereocenters. The Kier molecular flexibility index (Phi) is 3.93. The summed E-state index contributed by atoms with van der Waals surface area (Å²) in [5.74, 6) is 0.245. The van der Waals surface area contributed by atoms with E-state index >= 15 is 0 Å². The Morgan fingerprint density at radius 1 is 1.39 bits per heavy atom. The summed E-state index contributed by atoms with van der Waals surface area (Å²) < 4.78 is 19.5. The number of ether oxygens (including phenoxy) is 1. The number of rotatable bonds is 3. The lowest BCUT2D eigenvalue weighted by Gasteiger charge is -2.15. The normalized spacial score (nSPS) is 12.2. The van der Waals surface area contributed by atoms with Gasteiger partial charge in [0.15, 0.2) is 0 Å². The highest BCUT2D eigenvalue weighted by Gasteiger charge is 2.17. The molecule has 0 spiro atoms. The third-order valence-corrected chi connectivity index (χ3v) is 3.33. The lowest BCUT2D eigenvalue weighted by molar-refractivity contribution is 0.412. The van der Waals surface area contributed by atoms with E-state index in [-0.39, 0.29) is 5.82 Å². The van der Waals surface area contributed by atoms with Crippen LogP contribution >= 0.6 is 15.9 Å². The molecule has 0 fully saturated rings. The molecular formula is C13H12BrFN2O. The average molecular weight is 311 g/mol. The summed E-state index contributed by atoms with van der Waals surface area (Å²) >= 11 is 3.31. The molecule has 0 saturated heterocycles. The predicted octanol–water partition coefficient (Wildman–Crippen LogP) is 3.04. The van der Waals surface area contributed by atoms with Crippen molar-refractivity contribution in [3.05, 3.63) is 58.1 Å². The number of nitrogens with two attached hydrogens (primary N) is 1. The zero-order valence-electron chi connectivity index (χ0n) is 9.73. The number of pyridine rings is 1. The van der Waals surface area contributed by atoms with Crippen LogP contribution in [-0.2, 0) is 0 Å². The van der Waals surface area contributed by atoms with E-state index in [0.29, 0.717) is 21.3 Å². The van der Waals surface area contributed by atoms with Gasteiger partial charge < -0.3 is 10.5 Å². The number of nitrogens with zero attached hydrogens (tertiary/aromatic N) is 1. The number of hydrogen-bond donors (Lipinski definition) is 1. The molecular weight excluding hydrogens is 299 g/mol. The van der Waals surface area contributed by atoms with Crippen LogP contribution in [0.3, 0.4) is 0 Å². The smallest absolute Gasteiger partial charge is 0.137 e. The third-order valence-electron chi connectivity index (χ3n) is 2.64. The average Bonchev–Trinajstić information content (AvgIpc) is 2.38. The molecule has 0 amide bonds. The maximum Gasteiger partial charge on any atom is 0.137 e. The second kappa shape index (κ2) is 5.46. The van der Waals surface area contributed by atoms with E-state index in [0.717, 1.165) is 0 Å². The van der Waals surface area contributed by atoms with Crippen LogP contribution in [0.25, 0.3) is 0 Å². The van der Waals surface area contributed by atoms with Gasteiger partial charge >= 0.3 is 0 Å². The van der Waals surface area contributed by atoms with Gasteiger partial charge in [0.05, 0.1) is 19.3 Å². The highest BCUT2D eigenvalue weighted by Crippen LogP contribution is 2.29. The van der Waals surface area contributed by atoms with Crippen molar-refractivity contribution in [3.63, 3.8) is 0 Å². The molecule has 1 heterocycles. The van der Waals surface area contributed by atoms with Crippen molar-refractivity contribution in [2.75, 3.05) is 7.11 Å². The molecule has 0 aliphatic rings. The molecule has 0 radical (unpaired) electrons. The Hall–Kier alpha value is -1.46. The number of methoxy groups -OCH3 is 1. The molecule has 0 bridgehead atoms. The van der Waals surface area contributed by atoms with E-state index in [2.05, 4.69) is 20.9 Å². The van der Waals surface area contributed by atoms with E-state index < -0.39 is 6.04 Å². The van der Waals surface area contributed by atoms with Crippen molar-refractivity contribution in [3.8, 4) is 5.75 Å². The van der Waals surface area contributed by atoms with Gasteiger partial charge in [0.2, 0.25) is 0 Å². The van der Waals surface area contributed by atoms with Crippen molar-refractivity contribution < 1.29 is 9.13 Å². The van der Waals surface area contributed by atoms with Gasteiger partial charge in [-0.05, 0) is 23.8 Å². The third kappa shape index (κ3) is 2.52. The Bertz CT molecular complexity index is 542. The maximum absolute atomic E-state index is 13.8. The summed E-state index contributed by atoms with van der Waals surface area (Å²) in [6.07, 6.45) is 3.18. The van der Waals surface area contributed by atoms with Crippen molar-refractivity contribution in [1.29, 1.82) is 0 Å². The van der Waals surface area contributed by atoms with Gasteiger partial charge in [-0.25, -0.2) is 4.39 Å². The molecule has 0 saturated carbocycles. The van der Waals surface area contributed by atoms with Gasteiger partial charge in [-0.1, -0.05) is 22.0 Å². The van der Waals surface area contributed by atoms with E-state index in [4.69, 9.17) is 10.5 Å². The molecule has 1 aromatic heterocycles. The summed E-state index contributed by atoms with van der Waals surface area (Å²) in [6, 6.07) is 5.92. The fourth-order valence-electron chi connectivity index (χ4n) is 1.69. The lowest BCUT2D eigenvalue weighted by atomic mass is 10.0. The Morgan fingerprint density at radius 2 is 2.17 bits per heavy atom. The largest absolute Gasteiger partial charge is 0.495 e. The minimum atomic E-state index is -0.594. The summed E-state index contributed by atoms with van der Waals surface area (Å²) in [5.41, 5.74) is 7.18. The first kappa shape index (κ1) is 13.0. The summed E-state index contributed by atoms with van der Waals surface area (Å²) in [6.45, 7) is 0. The van der Waals surface area contributed by atoms with Crippen molar-refractivity contribution in [2.24, 2.45) is 5.73 Å². The van der Waals surface area contributed by atoms with E-state index in [1.165, 1.54) is 6.07 Å². The van der Waals surface area contributed by atoms with Crippen LogP contribution in [-0.4, -0.2) is 12.1 Å². The van der Waals surface area contributed by atoms with Crippen LogP contribution in [0.2, 0.25) is 0 Å². The van der Waals surface area contributed by atoms with Crippen LogP contribution in [0.4, 0.5) is 4.39 Å². The van der Waals surface area contributed by atoms with Gasteiger partial charge in [0, 0.05) is 16.2 Å². The van der Waals surface area contributed by atoms with Crippen LogP contribution in [0.1, 0.15) is 17.2 Å². The first-order valence-electron chi connectivity index (χ1n) is 5.32. The Balaban J connectivity index is 2.44. The molecule has 94 valence electrons. The lowest BCUT2D eigenvalue weighted by Crippen LogP contribution is -2.14. The van der Waals surface area contributed by atoms with E-state index in [9.17, 15) is 4.39 Å². The highest BCUT2D eigenvalue weighted by molar-refractivity contribution is 9.10. The molecule has 5 heteroatoms. The molecule has 3 nitrogen and oxygen atoms in total. The molecule has 1 atom stereocenters. The summed E-state index contributed by atoms with van der Waals surface area (Å²) in [7, 11) is 1.55. The fourth-order valence-corrected chi connectivity index (χ4v) is 2.28. The minimum Gasteiger partial charge on any atom is -0.495 e. The van der Waals surface area contributed by atoms with E-state index in [1.807, 2.05) is 0 Å². The van der Waals surface area contributed by atoms with Gasteiger partial charge in [-0.15, -0.1) is 0 Å². The van der Waals surface area contributed by atoms with Gasteiger partial charge in [0.25, 0.3) is 0 Å². The SMILES string of the molecule is COc1cncc(C(N)c2c(F)cccc2Br)c1. The van der Waals surface area contributed by atoms with Crippen LogP contribution in [0.15, 0.2) is 41.1 Å². The zero-order chi connectivity index (χ0) is 13.1. The molecule has 18 heavy (non-hydrogen) atoms. The monoisotopic (exact) mass is 310 g/mol. The molecule has 2 N–H and O–H groups in total. The zero-order valence-corrected chi connectivity index (χ0v) is 11.3. The molecule has 2 aromatic rings. The van der Waals surface area contributed by atoms with Crippen molar-refractivity contribution >= 4 is 15.9 Å². The second-order valence-corrected chi connectivity index (χ2v) is 4.63. The predicted molar refractivity (Wildman–Crippen MR) is 70.9 cm³/mol. The highest BCUT2D eigenvalue weighted by atomic mass is 79.9. The summed E-state index contributed by atoms with van der Waals surface area (Å²) in [4.78, 5) is 4.02.